The summed E-state index contributed by atoms with van der Waals surface area (Å²) in [6.07, 6.45) is 2.08. The van der Waals surface area contributed by atoms with Crippen molar-refractivity contribution in [2.24, 2.45) is 0 Å². The molecule has 0 unspecified atom stereocenters. The van der Waals surface area contributed by atoms with Gasteiger partial charge in [0.25, 0.3) is 0 Å². The third-order valence-corrected chi connectivity index (χ3v) is 2.01. The normalized spacial score (nSPS) is 15.3. The largest absolute Gasteiger partial charge is 0.462 e. The molecule has 0 aliphatic heterocycles. The number of hydrogen-bond acceptors (Lipinski definition) is 2. The van der Waals surface area contributed by atoms with Crippen molar-refractivity contribution in [2.75, 3.05) is 6.61 Å². The zero-order valence-electron chi connectivity index (χ0n) is 7.40. The monoisotopic (exact) mass is 240 g/mol. The van der Waals surface area contributed by atoms with Gasteiger partial charge < -0.3 is 4.74 Å². The molecule has 0 saturated heterocycles. The van der Waals surface area contributed by atoms with Crippen molar-refractivity contribution in [3.63, 3.8) is 0 Å². The Morgan fingerprint density at radius 3 is 2.67 bits per heavy atom. The molecule has 2 nitrogen and oxygen atoms in total. The van der Waals surface area contributed by atoms with E-state index >= 15 is 0 Å². The number of esters is 1. The number of rotatable bonds is 5. The van der Waals surface area contributed by atoms with Crippen molar-refractivity contribution in [1.29, 1.82) is 0 Å². The number of carbonyl (C=O) groups is 1. The van der Waals surface area contributed by atoms with Gasteiger partial charge >= 0.3 is 5.97 Å². The minimum absolute atomic E-state index is 0.206. The van der Waals surface area contributed by atoms with Crippen LogP contribution >= 0.6 is 15.9 Å². The van der Waals surface area contributed by atoms with Gasteiger partial charge in [-0.05, 0) is 28.8 Å². The van der Waals surface area contributed by atoms with Crippen molar-refractivity contribution in [3.05, 3.63) is 0 Å². The minimum atomic E-state index is -1.55. The third-order valence-electron chi connectivity index (χ3n) is 1.38. The lowest BCUT2D eigenvalue weighted by Gasteiger charge is -2.16. The molecule has 72 valence electrons. The highest BCUT2D eigenvalue weighted by atomic mass is 79.9. The minimum Gasteiger partial charge on any atom is -0.462 e. The maximum atomic E-state index is 13.3. The number of unbranched alkanes of at least 4 members (excludes halogenated alkanes) is 1. The van der Waals surface area contributed by atoms with Crippen LogP contribution < -0.4 is 0 Å². The molecule has 0 aromatic heterocycles. The highest BCUT2D eigenvalue weighted by Gasteiger charge is 2.26. The molecule has 0 bridgehead atoms. The van der Waals surface area contributed by atoms with Crippen LogP contribution in [0.2, 0.25) is 0 Å². The van der Waals surface area contributed by atoms with Crippen molar-refractivity contribution >= 4 is 21.9 Å². The summed E-state index contributed by atoms with van der Waals surface area (Å²) in [5, 5.41) is 0. The standard InChI is InChI=1S/C8H14BrFO2/c1-3-4-5-8(9,10)6-12-7(2)11/h3-6H2,1-2H3/t8-/m0/s1. The average Bonchev–Trinajstić information content (AvgIpc) is 1.98. The Morgan fingerprint density at radius 1 is 1.67 bits per heavy atom. The Labute approximate surface area is 80.6 Å². The molecule has 0 saturated carbocycles. The van der Waals surface area contributed by atoms with Gasteiger partial charge in [0.1, 0.15) is 6.61 Å². The first-order valence-corrected chi connectivity index (χ1v) is 4.78. The van der Waals surface area contributed by atoms with Crippen molar-refractivity contribution < 1.29 is 13.9 Å². The van der Waals surface area contributed by atoms with Crippen LogP contribution in [0.4, 0.5) is 4.39 Å². The Balaban J connectivity index is 3.63. The molecule has 0 aliphatic carbocycles. The van der Waals surface area contributed by atoms with E-state index in [0.29, 0.717) is 6.42 Å². The molecule has 0 radical (unpaired) electrons. The summed E-state index contributed by atoms with van der Waals surface area (Å²) in [7, 11) is 0. The van der Waals surface area contributed by atoms with Crippen LogP contribution in [0.3, 0.4) is 0 Å². The van der Waals surface area contributed by atoms with E-state index in [4.69, 9.17) is 0 Å². The number of carbonyl (C=O) groups excluding carboxylic acids is 1. The van der Waals surface area contributed by atoms with Gasteiger partial charge in [0, 0.05) is 6.92 Å². The first-order chi connectivity index (χ1) is 5.48. The molecule has 0 spiro atoms. The number of ether oxygens (including phenoxy) is 1. The molecule has 0 aliphatic rings. The molecule has 0 amide bonds. The fourth-order valence-corrected chi connectivity index (χ4v) is 1.11. The molecule has 0 aromatic carbocycles. The van der Waals surface area contributed by atoms with E-state index in [-0.39, 0.29) is 6.61 Å². The van der Waals surface area contributed by atoms with Crippen LogP contribution in [0, 0.1) is 0 Å². The van der Waals surface area contributed by atoms with Gasteiger partial charge in [-0.3, -0.25) is 4.79 Å². The lowest BCUT2D eigenvalue weighted by molar-refractivity contribution is -0.143. The third kappa shape index (κ3) is 6.58. The summed E-state index contributed by atoms with van der Waals surface area (Å²) in [4.78, 5) is 10.4. The van der Waals surface area contributed by atoms with E-state index in [1.54, 1.807) is 0 Å². The Hall–Kier alpha value is -0.120. The number of hydrogen-bond donors (Lipinski definition) is 0. The molecule has 0 heterocycles. The van der Waals surface area contributed by atoms with Gasteiger partial charge in [-0.2, -0.15) is 0 Å². The maximum absolute atomic E-state index is 13.3. The summed E-state index contributed by atoms with van der Waals surface area (Å²) < 4.78 is 16.3. The zero-order valence-corrected chi connectivity index (χ0v) is 8.99. The fourth-order valence-electron chi connectivity index (χ4n) is 0.715. The smallest absolute Gasteiger partial charge is 0.302 e. The van der Waals surface area contributed by atoms with E-state index in [2.05, 4.69) is 20.7 Å². The van der Waals surface area contributed by atoms with Gasteiger partial charge in [-0.1, -0.05) is 13.3 Å². The fraction of sp³-hybridized carbons (Fsp3) is 0.875. The SMILES string of the molecule is CCCC[C@@](F)(Br)COC(C)=O. The molecule has 0 N–H and O–H groups in total. The second-order valence-electron chi connectivity index (χ2n) is 2.74. The van der Waals surface area contributed by atoms with E-state index in [9.17, 15) is 9.18 Å². The second-order valence-corrected chi connectivity index (χ2v) is 4.16. The van der Waals surface area contributed by atoms with Gasteiger partial charge in [-0.15, -0.1) is 0 Å². The van der Waals surface area contributed by atoms with E-state index in [1.165, 1.54) is 6.92 Å². The molecular weight excluding hydrogens is 227 g/mol. The summed E-state index contributed by atoms with van der Waals surface area (Å²) in [6, 6.07) is 0. The molecule has 0 rings (SSSR count). The van der Waals surface area contributed by atoms with Gasteiger partial charge in [-0.25, -0.2) is 4.39 Å². The lowest BCUT2D eigenvalue weighted by Crippen LogP contribution is -2.22. The van der Waals surface area contributed by atoms with E-state index in [1.807, 2.05) is 6.92 Å². The summed E-state index contributed by atoms with van der Waals surface area (Å²) >= 11 is 2.87. The first kappa shape index (κ1) is 11.9. The Morgan fingerprint density at radius 2 is 2.25 bits per heavy atom. The van der Waals surface area contributed by atoms with Gasteiger partial charge in [0.2, 0.25) is 0 Å². The molecular formula is C8H14BrFO2. The van der Waals surface area contributed by atoms with Crippen molar-refractivity contribution in [3.8, 4) is 0 Å². The molecule has 0 fully saturated rings. The van der Waals surface area contributed by atoms with Gasteiger partial charge in [0.05, 0.1) is 0 Å². The molecule has 1 atom stereocenters. The first-order valence-electron chi connectivity index (χ1n) is 3.99. The van der Waals surface area contributed by atoms with Crippen LogP contribution in [0.25, 0.3) is 0 Å². The zero-order chi connectivity index (χ0) is 9.61. The van der Waals surface area contributed by atoms with Crippen LogP contribution in [-0.2, 0) is 9.53 Å². The highest BCUT2D eigenvalue weighted by molar-refractivity contribution is 9.10. The van der Waals surface area contributed by atoms with Crippen LogP contribution in [0.5, 0.6) is 0 Å². The van der Waals surface area contributed by atoms with Crippen molar-refractivity contribution in [1.82, 2.24) is 0 Å². The Bertz CT molecular complexity index is 148. The van der Waals surface area contributed by atoms with E-state index < -0.39 is 10.5 Å². The average molecular weight is 241 g/mol. The predicted octanol–water partition coefficient (Wildman–Crippen LogP) is 2.80. The highest BCUT2D eigenvalue weighted by Crippen LogP contribution is 2.26. The number of halogens is 2. The summed E-state index contributed by atoms with van der Waals surface area (Å²) in [6.45, 7) is 3.04. The second kappa shape index (κ2) is 5.51. The summed E-state index contributed by atoms with van der Waals surface area (Å²) in [5.74, 6) is -0.451. The quantitative estimate of drug-likeness (QED) is 0.546. The molecule has 12 heavy (non-hydrogen) atoms. The summed E-state index contributed by atoms with van der Waals surface area (Å²) in [5.41, 5.74) is 0. The van der Waals surface area contributed by atoms with E-state index in [0.717, 1.165) is 12.8 Å². The predicted molar refractivity (Wildman–Crippen MR) is 48.9 cm³/mol. The van der Waals surface area contributed by atoms with Gasteiger partial charge in [0.15, 0.2) is 4.58 Å². The maximum Gasteiger partial charge on any atom is 0.302 e. The Kier molecular flexibility index (Phi) is 5.46. The number of alkyl halides is 2. The van der Waals surface area contributed by atoms with Crippen LogP contribution in [0.1, 0.15) is 33.1 Å². The lowest BCUT2D eigenvalue weighted by atomic mass is 10.2. The van der Waals surface area contributed by atoms with Crippen LogP contribution in [-0.4, -0.2) is 17.2 Å². The topological polar surface area (TPSA) is 26.3 Å². The molecule has 0 aromatic rings. The molecule has 4 heteroatoms. The van der Waals surface area contributed by atoms with Crippen LogP contribution in [0.15, 0.2) is 0 Å². The van der Waals surface area contributed by atoms with Crippen molar-refractivity contribution in [2.45, 2.75) is 37.7 Å².